The van der Waals surface area contributed by atoms with Crippen LogP contribution in [-0.2, 0) is 11.3 Å². The van der Waals surface area contributed by atoms with E-state index < -0.39 is 0 Å². The molecule has 0 saturated heterocycles. The molecule has 3 rings (SSSR count). The Morgan fingerprint density at radius 1 is 1.29 bits per heavy atom. The van der Waals surface area contributed by atoms with Gasteiger partial charge in [-0.05, 0) is 25.5 Å². The van der Waals surface area contributed by atoms with E-state index in [0.717, 1.165) is 11.1 Å². The maximum absolute atomic E-state index is 12.4. The molecule has 0 radical (unpaired) electrons. The third-order valence-electron chi connectivity index (χ3n) is 3.53. The summed E-state index contributed by atoms with van der Waals surface area (Å²) >= 11 is 0. The monoisotopic (exact) mass is 326 g/mol. The molecule has 3 aromatic heterocycles. The number of fused-ring (bicyclic) bond motifs is 1. The number of carbonyl (C=O) groups is 1. The van der Waals surface area contributed by atoms with Crippen molar-refractivity contribution in [2.75, 3.05) is 6.54 Å². The minimum absolute atomic E-state index is 0.112. The largest absolute Gasteiger partial charge is 0.355 e. The molecule has 0 fully saturated rings. The quantitative estimate of drug-likeness (QED) is 0.748. The fraction of sp³-hybridized carbons (Fsp3) is 0.312. The summed E-state index contributed by atoms with van der Waals surface area (Å²) in [6.45, 7) is 4.15. The molecule has 3 aromatic rings. The van der Waals surface area contributed by atoms with E-state index in [-0.39, 0.29) is 18.1 Å². The molecule has 0 aliphatic carbocycles. The minimum atomic E-state index is -0.380. The second-order valence-electron chi connectivity index (χ2n) is 5.39. The average molecular weight is 326 g/mol. The molecule has 8 nitrogen and oxygen atoms in total. The highest BCUT2D eigenvalue weighted by atomic mass is 16.2. The van der Waals surface area contributed by atoms with E-state index in [1.165, 1.54) is 4.40 Å². The van der Waals surface area contributed by atoms with E-state index in [1.807, 2.05) is 25.1 Å². The number of carbonyl (C=O) groups excluding carboxylic acids is 1. The number of rotatable bonds is 5. The zero-order chi connectivity index (χ0) is 17.1. The zero-order valence-electron chi connectivity index (χ0n) is 13.6. The summed E-state index contributed by atoms with van der Waals surface area (Å²) in [6, 6.07) is 7.22. The first-order valence-corrected chi connectivity index (χ1v) is 7.75. The Bertz CT molecular complexity index is 929. The molecule has 0 unspecified atom stereocenters. The van der Waals surface area contributed by atoms with Gasteiger partial charge >= 0.3 is 5.69 Å². The number of aryl methyl sites for hydroxylation is 1. The highest BCUT2D eigenvalue weighted by Crippen LogP contribution is 2.15. The highest BCUT2D eigenvalue weighted by Gasteiger charge is 2.14. The van der Waals surface area contributed by atoms with Crippen LogP contribution in [0.4, 0.5) is 0 Å². The Kier molecular flexibility index (Phi) is 4.37. The van der Waals surface area contributed by atoms with Crippen LogP contribution in [0.5, 0.6) is 0 Å². The van der Waals surface area contributed by atoms with Crippen molar-refractivity contribution in [1.82, 2.24) is 29.5 Å². The number of nitrogens with zero attached hydrogens (tertiary/aromatic N) is 5. The summed E-state index contributed by atoms with van der Waals surface area (Å²) in [6.07, 6.45) is 2.52. The molecule has 0 aliphatic heterocycles. The number of hydrogen-bond donors (Lipinski definition) is 1. The van der Waals surface area contributed by atoms with Crippen LogP contribution in [0.25, 0.3) is 17.0 Å². The number of aromatic nitrogens is 5. The summed E-state index contributed by atoms with van der Waals surface area (Å²) in [7, 11) is 0. The van der Waals surface area contributed by atoms with Crippen LogP contribution in [0.3, 0.4) is 0 Å². The van der Waals surface area contributed by atoms with Gasteiger partial charge in [-0.25, -0.2) is 18.9 Å². The first-order valence-electron chi connectivity index (χ1n) is 7.75. The van der Waals surface area contributed by atoms with E-state index >= 15 is 0 Å². The molecule has 124 valence electrons. The van der Waals surface area contributed by atoms with Gasteiger partial charge in [-0.3, -0.25) is 9.78 Å². The normalized spacial score (nSPS) is 10.9. The lowest BCUT2D eigenvalue weighted by Gasteiger charge is -2.02. The minimum Gasteiger partial charge on any atom is -0.355 e. The zero-order valence-corrected chi connectivity index (χ0v) is 13.6. The number of amides is 1. The van der Waals surface area contributed by atoms with Gasteiger partial charge in [0.05, 0.1) is 11.4 Å². The van der Waals surface area contributed by atoms with Crippen molar-refractivity contribution in [3.8, 4) is 11.4 Å². The van der Waals surface area contributed by atoms with Crippen LogP contribution in [0.2, 0.25) is 0 Å². The molecular weight excluding hydrogens is 308 g/mol. The fourth-order valence-electron chi connectivity index (χ4n) is 2.41. The van der Waals surface area contributed by atoms with Crippen molar-refractivity contribution in [2.24, 2.45) is 0 Å². The Hall–Kier alpha value is -3.03. The third-order valence-corrected chi connectivity index (χ3v) is 3.53. The van der Waals surface area contributed by atoms with Crippen LogP contribution in [0.1, 0.15) is 19.2 Å². The first kappa shape index (κ1) is 15.9. The van der Waals surface area contributed by atoms with Gasteiger partial charge < -0.3 is 5.32 Å². The predicted molar refractivity (Wildman–Crippen MR) is 88.5 cm³/mol. The first-order chi connectivity index (χ1) is 11.6. The second-order valence-corrected chi connectivity index (χ2v) is 5.39. The van der Waals surface area contributed by atoms with Gasteiger partial charge in [-0.2, -0.15) is 0 Å². The van der Waals surface area contributed by atoms with Crippen molar-refractivity contribution >= 4 is 11.6 Å². The SMILES string of the molecule is CCCNC(=O)Cn1nc2cc(-c3ccccn3)nc(C)n2c1=O. The van der Waals surface area contributed by atoms with Gasteiger partial charge in [-0.1, -0.05) is 13.0 Å². The van der Waals surface area contributed by atoms with Crippen LogP contribution >= 0.6 is 0 Å². The molecule has 24 heavy (non-hydrogen) atoms. The second kappa shape index (κ2) is 6.61. The van der Waals surface area contributed by atoms with Crippen LogP contribution < -0.4 is 11.0 Å². The third kappa shape index (κ3) is 3.03. The molecule has 0 bridgehead atoms. The van der Waals surface area contributed by atoms with Gasteiger partial charge in [0.2, 0.25) is 5.91 Å². The highest BCUT2D eigenvalue weighted by molar-refractivity contribution is 5.75. The lowest BCUT2D eigenvalue weighted by Crippen LogP contribution is -2.33. The molecule has 0 spiro atoms. The Labute approximate surface area is 138 Å². The molecular formula is C16H18N6O2. The van der Waals surface area contributed by atoms with Gasteiger partial charge in [0, 0.05) is 18.8 Å². The molecule has 0 atom stereocenters. The smallest absolute Gasteiger partial charge is 0.352 e. The van der Waals surface area contributed by atoms with E-state index in [0.29, 0.717) is 29.4 Å². The molecule has 0 aliphatic rings. The van der Waals surface area contributed by atoms with Crippen LogP contribution in [0, 0.1) is 6.92 Å². The summed E-state index contributed by atoms with van der Waals surface area (Å²) in [5, 5.41) is 6.98. The average Bonchev–Trinajstić information content (AvgIpc) is 2.90. The van der Waals surface area contributed by atoms with Crippen LogP contribution in [-0.4, -0.2) is 36.6 Å². The Morgan fingerprint density at radius 2 is 2.12 bits per heavy atom. The van der Waals surface area contributed by atoms with Gasteiger partial charge in [0.25, 0.3) is 0 Å². The Morgan fingerprint density at radius 3 is 2.83 bits per heavy atom. The van der Waals surface area contributed by atoms with Crippen molar-refractivity contribution in [3.63, 3.8) is 0 Å². The molecule has 1 amide bonds. The summed E-state index contributed by atoms with van der Waals surface area (Å²) in [4.78, 5) is 32.9. The maximum Gasteiger partial charge on any atom is 0.352 e. The maximum atomic E-state index is 12.4. The predicted octanol–water partition coefficient (Wildman–Crippen LogP) is 0.788. The van der Waals surface area contributed by atoms with E-state index in [9.17, 15) is 9.59 Å². The fourth-order valence-corrected chi connectivity index (χ4v) is 2.41. The molecule has 1 N–H and O–H groups in total. The summed E-state index contributed by atoms with van der Waals surface area (Å²) in [5.74, 6) is 0.260. The Balaban J connectivity index is 2.00. The molecule has 0 aromatic carbocycles. The van der Waals surface area contributed by atoms with E-state index in [2.05, 4.69) is 20.4 Å². The number of nitrogens with one attached hydrogen (secondary N) is 1. The van der Waals surface area contributed by atoms with E-state index in [4.69, 9.17) is 0 Å². The molecule has 8 heteroatoms. The molecule has 3 heterocycles. The van der Waals surface area contributed by atoms with Gasteiger partial charge in [0.1, 0.15) is 12.4 Å². The topological polar surface area (TPSA) is 94.2 Å². The van der Waals surface area contributed by atoms with Crippen molar-refractivity contribution in [1.29, 1.82) is 0 Å². The van der Waals surface area contributed by atoms with Gasteiger partial charge in [-0.15, -0.1) is 5.10 Å². The van der Waals surface area contributed by atoms with Crippen molar-refractivity contribution < 1.29 is 4.79 Å². The van der Waals surface area contributed by atoms with Crippen molar-refractivity contribution in [3.05, 3.63) is 46.8 Å². The van der Waals surface area contributed by atoms with E-state index in [1.54, 1.807) is 19.2 Å². The summed E-state index contributed by atoms with van der Waals surface area (Å²) in [5.41, 5.74) is 1.39. The lowest BCUT2D eigenvalue weighted by atomic mass is 10.2. The van der Waals surface area contributed by atoms with Gasteiger partial charge in [0.15, 0.2) is 5.65 Å². The lowest BCUT2D eigenvalue weighted by molar-refractivity contribution is -0.121. The number of hydrogen-bond acceptors (Lipinski definition) is 5. The van der Waals surface area contributed by atoms with Crippen LogP contribution in [0.15, 0.2) is 35.3 Å². The summed E-state index contributed by atoms with van der Waals surface area (Å²) < 4.78 is 2.54. The molecule has 0 saturated carbocycles. The standard InChI is InChI=1S/C16H18N6O2/c1-3-7-18-15(23)10-21-16(24)22-11(2)19-13(9-14(22)20-21)12-6-4-5-8-17-12/h4-6,8-9H,3,7,10H2,1-2H3,(H,18,23). The number of pyridine rings is 1. The van der Waals surface area contributed by atoms with Crippen molar-refractivity contribution in [2.45, 2.75) is 26.8 Å².